The Kier molecular flexibility index (Phi) is 8.47. The first-order chi connectivity index (χ1) is 23.8. The number of carbonyl (C=O) groups is 1. The Labute approximate surface area is 290 Å². The lowest BCUT2D eigenvalue weighted by molar-refractivity contribution is -0.137. The molecule has 3 aliphatic heterocycles. The van der Waals surface area contributed by atoms with Gasteiger partial charge in [0.25, 0.3) is 0 Å². The Hall–Kier alpha value is -4.12. The number of halogens is 5. The molecule has 0 radical (unpaired) electrons. The molecular weight excluding hydrogens is 699 g/mol. The molecule has 0 spiro atoms. The minimum Gasteiger partial charge on any atom is -0.444 e. The van der Waals surface area contributed by atoms with E-state index in [0.717, 1.165) is 31.4 Å². The zero-order chi connectivity index (χ0) is 36.8. The third-order valence-electron chi connectivity index (χ3n) is 9.62. The highest BCUT2D eigenvalue weighted by atomic mass is 32.2. The monoisotopic (exact) mass is 736 g/mol. The average Bonchev–Trinajstić information content (AvgIpc) is 3.56. The van der Waals surface area contributed by atoms with E-state index in [1.54, 1.807) is 30.6 Å². The van der Waals surface area contributed by atoms with Crippen molar-refractivity contribution in [2.24, 2.45) is 0 Å². The molecule has 0 aliphatic carbocycles. The van der Waals surface area contributed by atoms with Crippen LogP contribution in [0.2, 0.25) is 0 Å². The summed E-state index contributed by atoms with van der Waals surface area (Å²) in [6.07, 6.45) is -0.823. The highest BCUT2D eigenvalue weighted by molar-refractivity contribution is 7.90. The van der Waals surface area contributed by atoms with E-state index >= 15 is 8.78 Å². The van der Waals surface area contributed by atoms with Crippen LogP contribution in [0.25, 0.3) is 32.9 Å². The molecule has 51 heavy (non-hydrogen) atoms. The second-order valence-corrected chi connectivity index (χ2v) is 16.4. The van der Waals surface area contributed by atoms with Gasteiger partial charge in [-0.2, -0.15) is 18.3 Å². The highest BCUT2D eigenvalue weighted by Crippen LogP contribution is 2.47. The minimum absolute atomic E-state index is 0.113. The molecule has 3 atom stereocenters. The van der Waals surface area contributed by atoms with E-state index in [2.05, 4.69) is 15.1 Å². The van der Waals surface area contributed by atoms with Gasteiger partial charge in [-0.1, -0.05) is 0 Å². The van der Waals surface area contributed by atoms with Crippen LogP contribution in [0.3, 0.4) is 0 Å². The number of hydrogen-bond acceptors (Lipinski definition) is 9. The molecule has 0 N–H and O–H groups in total. The fourth-order valence-electron chi connectivity index (χ4n) is 7.57. The number of carbonyl (C=O) groups excluding carboxylic acids is 1. The van der Waals surface area contributed by atoms with Gasteiger partial charge in [0.05, 0.1) is 34.9 Å². The minimum atomic E-state index is -5.03. The number of sulfone groups is 1. The van der Waals surface area contributed by atoms with Crippen molar-refractivity contribution in [3.05, 3.63) is 41.1 Å². The smallest absolute Gasteiger partial charge is 0.417 e. The molecule has 17 heteroatoms. The summed E-state index contributed by atoms with van der Waals surface area (Å²) in [5.41, 5.74) is -4.56. The summed E-state index contributed by atoms with van der Waals surface area (Å²) in [6.45, 7) is 7.14. The number of ether oxygens (including phenoxy) is 2. The molecular formula is C34H37F5N6O5S. The SMILES string of the molecule is Cc1cc2c(cnn2C2CCCCO2)c(-c2c(F)cc3c(N4CC5CCC(C4)N5C(=O)OC(C)(C)C)nc(S(C)(=O)=O)nc3c2F)c1C(F)(F)F. The lowest BCUT2D eigenvalue weighted by Gasteiger charge is -2.42. The maximum absolute atomic E-state index is 17.0. The number of fused-ring (bicyclic) bond motifs is 4. The number of amides is 1. The number of hydrogen-bond donors (Lipinski definition) is 0. The molecule has 4 aromatic rings. The first-order valence-corrected chi connectivity index (χ1v) is 18.6. The molecule has 2 aromatic carbocycles. The largest absolute Gasteiger partial charge is 0.444 e. The van der Waals surface area contributed by atoms with Gasteiger partial charge in [0.15, 0.2) is 12.0 Å². The lowest BCUT2D eigenvalue weighted by Crippen LogP contribution is -2.57. The van der Waals surface area contributed by atoms with Crippen LogP contribution in [0.5, 0.6) is 0 Å². The number of aromatic nitrogens is 4. The zero-order valence-corrected chi connectivity index (χ0v) is 29.5. The van der Waals surface area contributed by atoms with E-state index in [0.29, 0.717) is 25.9 Å². The van der Waals surface area contributed by atoms with Crippen molar-refractivity contribution in [1.82, 2.24) is 24.6 Å². The first kappa shape index (κ1) is 35.3. The number of rotatable bonds is 4. The van der Waals surface area contributed by atoms with Crippen LogP contribution in [0.1, 0.15) is 70.2 Å². The van der Waals surface area contributed by atoms with Crippen molar-refractivity contribution >= 4 is 43.6 Å². The fourth-order valence-corrected chi connectivity index (χ4v) is 8.08. The van der Waals surface area contributed by atoms with Crippen LogP contribution in [0.4, 0.5) is 32.6 Å². The Balaban J connectivity index is 1.42. The van der Waals surface area contributed by atoms with E-state index in [4.69, 9.17) is 9.47 Å². The predicted octanol–water partition coefficient (Wildman–Crippen LogP) is 6.94. The van der Waals surface area contributed by atoms with Crippen molar-refractivity contribution in [3.63, 3.8) is 0 Å². The van der Waals surface area contributed by atoms with E-state index in [9.17, 15) is 26.4 Å². The van der Waals surface area contributed by atoms with Crippen molar-refractivity contribution in [1.29, 1.82) is 0 Å². The number of benzene rings is 2. The summed E-state index contributed by atoms with van der Waals surface area (Å²) in [7, 11) is -4.20. The molecule has 7 rings (SSSR count). The number of nitrogens with zero attached hydrogens (tertiary/aromatic N) is 6. The molecule has 2 bridgehead atoms. The Morgan fingerprint density at radius 1 is 0.980 bits per heavy atom. The molecule has 0 saturated carbocycles. The van der Waals surface area contributed by atoms with Gasteiger partial charge in [-0.3, -0.25) is 4.90 Å². The number of aryl methyl sites for hydroxylation is 1. The van der Waals surface area contributed by atoms with Gasteiger partial charge >= 0.3 is 12.3 Å². The van der Waals surface area contributed by atoms with Crippen LogP contribution in [0, 0.1) is 18.6 Å². The fraction of sp³-hybridized carbons (Fsp3) is 0.529. The summed E-state index contributed by atoms with van der Waals surface area (Å²) >= 11 is 0. The topological polar surface area (TPSA) is 120 Å². The quantitative estimate of drug-likeness (QED) is 0.162. The first-order valence-electron chi connectivity index (χ1n) is 16.7. The zero-order valence-electron chi connectivity index (χ0n) is 28.6. The molecule has 3 saturated heterocycles. The molecule has 5 heterocycles. The van der Waals surface area contributed by atoms with Crippen LogP contribution >= 0.6 is 0 Å². The molecule has 3 unspecified atom stereocenters. The maximum Gasteiger partial charge on any atom is 0.417 e. The van der Waals surface area contributed by atoms with Gasteiger partial charge in [-0.05, 0) is 77.5 Å². The molecule has 274 valence electrons. The van der Waals surface area contributed by atoms with Gasteiger partial charge in [0.2, 0.25) is 15.0 Å². The number of anilines is 1. The second-order valence-electron chi connectivity index (χ2n) is 14.5. The third-order valence-corrected chi connectivity index (χ3v) is 10.5. The van der Waals surface area contributed by atoms with Crippen LogP contribution < -0.4 is 4.90 Å². The van der Waals surface area contributed by atoms with E-state index in [-0.39, 0.29) is 52.8 Å². The standard InChI is InChI=1S/C34H37F5N6O5S/c1-17-12-23-21(14-40-45(23)24-8-6-7-11-49-24)25(27(17)34(37,38)39)26-22(35)13-20-29(28(26)36)41-31(51(5,47)48)42-30(20)43-15-18-9-10-19(16-43)44(18)32(46)50-33(2,3)4/h12-14,18-19,24H,6-11,15-16H2,1-5H3. The van der Waals surface area contributed by atoms with Crippen molar-refractivity contribution in [2.45, 2.75) is 95.0 Å². The maximum atomic E-state index is 17.0. The predicted molar refractivity (Wildman–Crippen MR) is 177 cm³/mol. The van der Waals surface area contributed by atoms with Gasteiger partial charge in [-0.25, -0.2) is 36.6 Å². The van der Waals surface area contributed by atoms with Gasteiger partial charge < -0.3 is 14.4 Å². The van der Waals surface area contributed by atoms with Crippen LogP contribution in [0.15, 0.2) is 23.5 Å². The summed E-state index contributed by atoms with van der Waals surface area (Å²) in [5, 5.41) is 3.13. The van der Waals surface area contributed by atoms with Gasteiger partial charge in [-0.15, -0.1) is 0 Å². The summed E-state index contributed by atoms with van der Waals surface area (Å²) in [5.74, 6) is -2.92. The third kappa shape index (κ3) is 6.25. The van der Waals surface area contributed by atoms with Crippen molar-refractivity contribution < 1.29 is 44.6 Å². The van der Waals surface area contributed by atoms with Crippen LogP contribution in [-0.2, 0) is 25.5 Å². The van der Waals surface area contributed by atoms with Crippen molar-refractivity contribution in [2.75, 3.05) is 30.9 Å². The molecule has 11 nitrogen and oxygen atoms in total. The van der Waals surface area contributed by atoms with Crippen LogP contribution in [-0.4, -0.2) is 82.8 Å². The number of alkyl halides is 3. The van der Waals surface area contributed by atoms with Crippen molar-refractivity contribution in [3.8, 4) is 11.1 Å². The molecule has 2 aromatic heterocycles. The van der Waals surface area contributed by atoms with E-state index in [1.165, 1.54) is 17.7 Å². The molecule has 3 fully saturated rings. The Morgan fingerprint density at radius 2 is 1.67 bits per heavy atom. The lowest BCUT2D eigenvalue weighted by atomic mass is 9.90. The highest BCUT2D eigenvalue weighted by Gasteiger charge is 2.46. The van der Waals surface area contributed by atoms with Gasteiger partial charge in [0, 0.05) is 42.3 Å². The summed E-state index contributed by atoms with van der Waals surface area (Å²) in [4.78, 5) is 24.5. The Morgan fingerprint density at radius 3 is 2.25 bits per heavy atom. The second kappa shape index (κ2) is 12.2. The normalized spacial score (nSPS) is 21.6. The summed E-state index contributed by atoms with van der Waals surface area (Å²) < 4.78 is 116. The summed E-state index contributed by atoms with van der Waals surface area (Å²) in [6, 6.07) is 1.37. The van der Waals surface area contributed by atoms with E-state index in [1.807, 2.05) is 0 Å². The molecule has 3 aliphatic rings. The van der Waals surface area contributed by atoms with Gasteiger partial charge in [0.1, 0.15) is 22.8 Å². The van der Waals surface area contributed by atoms with E-state index < -0.39 is 72.9 Å². The average molecular weight is 737 g/mol. The molecule has 1 amide bonds. The Bertz CT molecular complexity index is 2160. The number of piperazine rings is 1.